The van der Waals surface area contributed by atoms with E-state index in [0.29, 0.717) is 10.0 Å². The fraction of sp³-hybridized carbons (Fsp3) is 0.143. The van der Waals surface area contributed by atoms with Gasteiger partial charge >= 0.3 is 6.36 Å². The zero-order chi connectivity index (χ0) is 15.6. The third-order valence-electron chi connectivity index (χ3n) is 2.77. The molecule has 0 amide bonds. The number of alkyl halides is 3. The van der Waals surface area contributed by atoms with Crippen molar-refractivity contribution in [2.45, 2.75) is 12.4 Å². The molecule has 2 aromatic rings. The summed E-state index contributed by atoms with van der Waals surface area (Å²) in [5.74, 6) is -0.838. The SMILES string of the molecule is N[C@@H](c1ccc(OC(F)(F)F)cc1)c1cc(Br)ccc1F. The Morgan fingerprint density at radius 3 is 2.24 bits per heavy atom. The first kappa shape index (κ1) is 15.8. The molecule has 0 bridgehead atoms. The van der Waals surface area contributed by atoms with Crippen molar-refractivity contribution in [2.24, 2.45) is 5.73 Å². The first-order valence-corrected chi connectivity index (χ1v) is 6.62. The van der Waals surface area contributed by atoms with Crippen LogP contribution in [0.15, 0.2) is 46.9 Å². The number of nitrogens with two attached hydrogens (primary N) is 1. The molecule has 7 heteroatoms. The molecule has 0 saturated heterocycles. The van der Waals surface area contributed by atoms with E-state index in [1.54, 1.807) is 0 Å². The minimum Gasteiger partial charge on any atom is -0.406 e. The van der Waals surface area contributed by atoms with Gasteiger partial charge in [-0.1, -0.05) is 28.1 Å². The smallest absolute Gasteiger partial charge is 0.406 e. The molecule has 0 radical (unpaired) electrons. The normalized spacial score (nSPS) is 13.0. The zero-order valence-electron chi connectivity index (χ0n) is 10.5. The van der Waals surface area contributed by atoms with E-state index in [4.69, 9.17) is 5.73 Å². The summed E-state index contributed by atoms with van der Waals surface area (Å²) in [6.07, 6.45) is -4.75. The van der Waals surface area contributed by atoms with Gasteiger partial charge in [-0.05, 0) is 35.9 Å². The number of ether oxygens (including phenoxy) is 1. The van der Waals surface area contributed by atoms with E-state index in [2.05, 4.69) is 20.7 Å². The van der Waals surface area contributed by atoms with Crippen LogP contribution in [-0.4, -0.2) is 6.36 Å². The van der Waals surface area contributed by atoms with Gasteiger partial charge in [0.25, 0.3) is 0 Å². The molecule has 21 heavy (non-hydrogen) atoms. The second kappa shape index (κ2) is 6.03. The minimum absolute atomic E-state index is 0.244. The molecule has 0 aliphatic rings. The van der Waals surface area contributed by atoms with Crippen LogP contribution in [0.5, 0.6) is 5.75 Å². The molecule has 2 N–H and O–H groups in total. The Labute approximate surface area is 126 Å². The van der Waals surface area contributed by atoms with E-state index >= 15 is 0 Å². The van der Waals surface area contributed by atoms with Crippen LogP contribution in [0.2, 0.25) is 0 Å². The fourth-order valence-electron chi connectivity index (χ4n) is 1.81. The van der Waals surface area contributed by atoms with Crippen LogP contribution >= 0.6 is 15.9 Å². The van der Waals surface area contributed by atoms with Gasteiger partial charge in [-0.3, -0.25) is 0 Å². The van der Waals surface area contributed by atoms with Crippen LogP contribution in [0.1, 0.15) is 17.2 Å². The van der Waals surface area contributed by atoms with Crippen molar-refractivity contribution in [3.8, 4) is 5.75 Å². The van der Waals surface area contributed by atoms with Gasteiger partial charge in [0, 0.05) is 10.0 Å². The molecule has 0 unspecified atom stereocenters. The molecule has 0 aliphatic heterocycles. The Bertz CT molecular complexity index is 628. The maximum Gasteiger partial charge on any atom is 0.573 e. The minimum atomic E-state index is -4.75. The molecule has 112 valence electrons. The van der Waals surface area contributed by atoms with Crippen molar-refractivity contribution in [3.63, 3.8) is 0 Å². The van der Waals surface area contributed by atoms with Crippen molar-refractivity contribution in [3.05, 3.63) is 63.9 Å². The number of hydrogen-bond donors (Lipinski definition) is 1. The first-order chi connectivity index (χ1) is 9.76. The van der Waals surface area contributed by atoms with Crippen molar-refractivity contribution in [1.29, 1.82) is 0 Å². The summed E-state index contributed by atoms with van der Waals surface area (Å²) in [5.41, 5.74) is 6.66. The number of hydrogen-bond acceptors (Lipinski definition) is 2. The maximum atomic E-state index is 13.7. The molecule has 0 fully saturated rings. The van der Waals surface area contributed by atoms with Crippen molar-refractivity contribution in [2.75, 3.05) is 0 Å². The molecule has 0 heterocycles. The highest BCUT2D eigenvalue weighted by atomic mass is 79.9. The molecular weight excluding hydrogens is 354 g/mol. The zero-order valence-corrected chi connectivity index (χ0v) is 12.1. The topological polar surface area (TPSA) is 35.2 Å². The quantitative estimate of drug-likeness (QED) is 0.812. The van der Waals surface area contributed by atoms with Crippen LogP contribution < -0.4 is 10.5 Å². The summed E-state index contributed by atoms with van der Waals surface area (Å²) in [4.78, 5) is 0. The number of rotatable bonds is 3. The molecule has 0 aliphatic carbocycles. The Balaban J connectivity index is 2.24. The van der Waals surface area contributed by atoms with Gasteiger partial charge in [0.05, 0.1) is 6.04 Å². The third kappa shape index (κ3) is 4.18. The molecule has 1 atom stereocenters. The lowest BCUT2D eigenvalue weighted by Crippen LogP contribution is -2.17. The summed E-state index contributed by atoms with van der Waals surface area (Å²) in [7, 11) is 0. The highest BCUT2D eigenvalue weighted by Crippen LogP contribution is 2.28. The number of halogens is 5. The lowest BCUT2D eigenvalue weighted by molar-refractivity contribution is -0.274. The van der Waals surface area contributed by atoms with Crippen LogP contribution in [0.25, 0.3) is 0 Å². The van der Waals surface area contributed by atoms with E-state index < -0.39 is 18.2 Å². The summed E-state index contributed by atoms with van der Waals surface area (Å²) in [6, 6.07) is 8.55. The van der Waals surface area contributed by atoms with Gasteiger partial charge in [0.1, 0.15) is 11.6 Å². The molecule has 0 saturated carbocycles. The standard InChI is InChI=1S/C14H10BrF4NO/c15-9-3-6-12(16)11(7-9)13(20)8-1-4-10(5-2-8)21-14(17,18)19/h1-7,13H,20H2/t13-/m0/s1. The Kier molecular flexibility index (Phi) is 4.53. The van der Waals surface area contributed by atoms with Gasteiger partial charge in [0.15, 0.2) is 0 Å². The van der Waals surface area contributed by atoms with E-state index in [1.165, 1.54) is 30.3 Å². The maximum absolute atomic E-state index is 13.7. The summed E-state index contributed by atoms with van der Waals surface area (Å²) in [5, 5.41) is 0. The Morgan fingerprint density at radius 1 is 1.05 bits per heavy atom. The van der Waals surface area contributed by atoms with Crippen molar-refractivity contribution in [1.82, 2.24) is 0 Å². The van der Waals surface area contributed by atoms with E-state index in [0.717, 1.165) is 12.1 Å². The lowest BCUT2D eigenvalue weighted by atomic mass is 9.99. The predicted octanol–water partition coefficient (Wildman–Crippen LogP) is 4.53. The number of benzene rings is 2. The van der Waals surface area contributed by atoms with Crippen LogP contribution in [0.3, 0.4) is 0 Å². The van der Waals surface area contributed by atoms with Crippen LogP contribution in [0.4, 0.5) is 17.6 Å². The lowest BCUT2D eigenvalue weighted by Gasteiger charge is -2.15. The summed E-state index contributed by atoms with van der Waals surface area (Å²) >= 11 is 3.21. The highest BCUT2D eigenvalue weighted by molar-refractivity contribution is 9.10. The molecular formula is C14H10BrF4NO. The average molecular weight is 364 g/mol. The summed E-state index contributed by atoms with van der Waals surface area (Å²) < 4.78 is 54.3. The Morgan fingerprint density at radius 2 is 1.67 bits per heavy atom. The largest absolute Gasteiger partial charge is 0.573 e. The third-order valence-corrected chi connectivity index (χ3v) is 3.26. The van der Waals surface area contributed by atoms with Gasteiger partial charge in [-0.25, -0.2) is 4.39 Å². The average Bonchev–Trinajstić information content (AvgIpc) is 2.40. The molecule has 0 aromatic heterocycles. The first-order valence-electron chi connectivity index (χ1n) is 5.82. The van der Waals surface area contributed by atoms with Crippen LogP contribution in [0, 0.1) is 5.82 Å². The molecule has 2 nitrogen and oxygen atoms in total. The summed E-state index contributed by atoms with van der Waals surface area (Å²) in [6.45, 7) is 0. The van der Waals surface area contributed by atoms with Gasteiger partial charge in [0.2, 0.25) is 0 Å². The fourth-order valence-corrected chi connectivity index (χ4v) is 2.19. The molecule has 2 aromatic carbocycles. The Hall–Kier alpha value is -1.60. The van der Waals surface area contributed by atoms with Gasteiger partial charge < -0.3 is 10.5 Å². The van der Waals surface area contributed by atoms with Crippen LogP contribution in [-0.2, 0) is 0 Å². The second-order valence-corrected chi connectivity index (χ2v) is 5.18. The second-order valence-electron chi connectivity index (χ2n) is 4.26. The van der Waals surface area contributed by atoms with Crippen molar-refractivity contribution >= 4 is 15.9 Å². The van der Waals surface area contributed by atoms with E-state index in [1.807, 2.05) is 0 Å². The van der Waals surface area contributed by atoms with Gasteiger partial charge in [-0.2, -0.15) is 0 Å². The molecule has 0 spiro atoms. The predicted molar refractivity (Wildman–Crippen MR) is 73.3 cm³/mol. The van der Waals surface area contributed by atoms with E-state index in [9.17, 15) is 17.6 Å². The van der Waals surface area contributed by atoms with Crippen molar-refractivity contribution < 1.29 is 22.3 Å². The monoisotopic (exact) mass is 363 g/mol. The van der Waals surface area contributed by atoms with Gasteiger partial charge in [-0.15, -0.1) is 13.2 Å². The van der Waals surface area contributed by atoms with E-state index in [-0.39, 0.29) is 11.3 Å². The highest BCUT2D eigenvalue weighted by Gasteiger charge is 2.31. The molecule has 2 rings (SSSR count).